The third-order valence-electron chi connectivity index (χ3n) is 5.66. The number of nitro benzene ring substituents is 1. The van der Waals surface area contributed by atoms with E-state index in [2.05, 4.69) is 5.32 Å². The van der Waals surface area contributed by atoms with Crippen LogP contribution in [-0.2, 0) is 14.4 Å². The number of urea groups is 1. The van der Waals surface area contributed by atoms with Gasteiger partial charge in [0.1, 0.15) is 11.3 Å². The predicted octanol–water partition coefficient (Wildman–Crippen LogP) is 3.90. The van der Waals surface area contributed by atoms with Crippen LogP contribution >= 0.6 is 0 Å². The summed E-state index contributed by atoms with van der Waals surface area (Å²) >= 11 is 0. The summed E-state index contributed by atoms with van der Waals surface area (Å²) < 4.78 is 15.7. The Labute approximate surface area is 227 Å². The number of carbonyl (C=O) groups is 4. The summed E-state index contributed by atoms with van der Waals surface area (Å²) in [6, 6.07) is 15.2. The molecule has 3 aromatic rings. The molecule has 0 saturated carbocycles. The van der Waals surface area contributed by atoms with Gasteiger partial charge in [-0.15, -0.1) is 0 Å². The standard InChI is InChI=1S/C28H21N3O9/c1-38-21-11-9-19(10-12-21)30-27(34)22(26(33)29-28(30)35)15-18-5-13-23(24(16-18)39-2)40-25(32)14-6-17-3-7-20(8-4-17)31(36)37/h3-16H,1-2H3,(H,29,33,35)/b14-6+,22-15+. The molecule has 0 aliphatic carbocycles. The highest BCUT2D eigenvalue weighted by Crippen LogP contribution is 2.30. The second-order valence-electron chi connectivity index (χ2n) is 8.17. The fourth-order valence-electron chi connectivity index (χ4n) is 3.66. The number of amides is 4. The van der Waals surface area contributed by atoms with Crippen molar-refractivity contribution >= 4 is 47.3 Å². The van der Waals surface area contributed by atoms with Gasteiger partial charge >= 0.3 is 12.0 Å². The van der Waals surface area contributed by atoms with Crippen molar-refractivity contribution in [2.24, 2.45) is 0 Å². The highest BCUT2D eigenvalue weighted by Gasteiger charge is 2.36. The number of hydrogen-bond acceptors (Lipinski definition) is 9. The number of nitrogens with one attached hydrogen (secondary N) is 1. The molecular weight excluding hydrogens is 522 g/mol. The maximum atomic E-state index is 13.1. The third-order valence-corrected chi connectivity index (χ3v) is 5.66. The number of esters is 1. The van der Waals surface area contributed by atoms with E-state index in [0.717, 1.165) is 11.0 Å². The van der Waals surface area contributed by atoms with Crippen LogP contribution in [0.15, 0.2) is 78.4 Å². The maximum Gasteiger partial charge on any atom is 0.336 e. The highest BCUT2D eigenvalue weighted by molar-refractivity contribution is 6.39. The van der Waals surface area contributed by atoms with Gasteiger partial charge in [-0.3, -0.25) is 25.0 Å². The molecule has 1 heterocycles. The number of ether oxygens (including phenoxy) is 3. The molecule has 3 aromatic carbocycles. The smallest absolute Gasteiger partial charge is 0.336 e. The first-order valence-electron chi connectivity index (χ1n) is 11.6. The van der Waals surface area contributed by atoms with Crippen molar-refractivity contribution in [3.63, 3.8) is 0 Å². The van der Waals surface area contributed by atoms with E-state index in [4.69, 9.17) is 14.2 Å². The minimum Gasteiger partial charge on any atom is -0.497 e. The topological polar surface area (TPSA) is 154 Å². The number of methoxy groups -OCH3 is 2. The minimum absolute atomic E-state index is 0.0671. The molecule has 4 rings (SSSR count). The van der Waals surface area contributed by atoms with Crippen LogP contribution in [0.4, 0.5) is 16.2 Å². The second-order valence-corrected chi connectivity index (χ2v) is 8.17. The van der Waals surface area contributed by atoms with Crippen LogP contribution in [0.25, 0.3) is 12.2 Å². The van der Waals surface area contributed by atoms with E-state index < -0.39 is 28.7 Å². The van der Waals surface area contributed by atoms with Gasteiger partial charge in [-0.2, -0.15) is 0 Å². The van der Waals surface area contributed by atoms with Crippen molar-refractivity contribution in [1.82, 2.24) is 5.32 Å². The first-order valence-corrected chi connectivity index (χ1v) is 11.6. The SMILES string of the molecule is COc1ccc(N2C(=O)NC(=O)/C(=C\c3ccc(OC(=O)/C=C/c4ccc([N+](=O)[O-])cc4)c(OC)c3)C2=O)cc1. The summed E-state index contributed by atoms with van der Waals surface area (Å²) in [7, 11) is 2.82. The lowest BCUT2D eigenvalue weighted by atomic mass is 10.1. The molecule has 40 heavy (non-hydrogen) atoms. The molecule has 1 saturated heterocycles. The van der Waals surface area contributed by atoms with E-state index in [0.29, 0.717) is 16.9 Å². The second kappa shape index (κ2) is 11.7. The Hall–Kier alpha value is -5.78. The van der Waals surface area contributed by atoms with E-state index in [-0.39, 0.29) is 28.4 Å². The van der Waals surface area contributed by atoms with Crippen LogP contribution in [0.2, 0.25) is 0 Å². The Balaban J connectivity index is 1.52. The maximum absolute atomic E-state index is 13.1. The summed E-state index contributed by atoms with van der Waals surface area (Å²) in [5.41, 5.74) is 0.776. The fraction of sp³-hybridized carbons (Fsp3) is 0.0714. The van der Waals surface area contributed by atoms with Crippen molar-refractivity contribution in [2.75, 3.05) is 19.1 Å². The van der Waals surface area contributed by atoms with Gasteiger partial charge in [-0.05, 0) is 71.8 Å². The monoisotopic (exact) mass is 543 g/mol. The van der Waals surface area contributed by atoms with Crippen LogP contribution in [0.1, 0.15) is 11.1 Å². The van der Waals surface area contributed by atoms with Crippen LogP contribution in [0, 0.1) is 10.1 Å². The molecule has 0 radical (unpaired) electrons. The van der Waals surface area contributed by atoms with E-state index >= 15 is 0 Å². The highest BCUT2D eigenvalue weighted by atomic mass is 16.6. The Morgan fingerprint density at radius 2 is 1.57 bits per heavy atom. The first-order chi connectivity index (χ1) is 19.2. The van der Waals surface area contributed by atoms with Crippen LogP contribution in [0.5, 0.6) is 17.2 Å². The lowest BCUT2D eigenvalue weighted by Gasteiger charge is -2.26. The number of rotatable bonds is 8. The molecule has 4 amide bonds. The number of benzene rings is 3. The van der Waals surface area contributed by atoms with E-state index in [1.165, 1.54) is 81.0 Å². The predicted molar refractivity (Wildman–Crippen MR) is 143 cm³/mol. The minimum atomic E-state index is -0.890. The molecule has 0 bridgehead atoms. The van der Waals surface area contributed by atoms with Gasteiger partial charge in [0.2, 0.25) is 0 Å². The van der Waals surface area contributed by atoms with E-state index in [1.807, 2.05) is 0 Å². The summed E-state index contributed by atoms with van der Waals surface area (Å²) in [5, 5.41) is 12.9. The molecule has 0 spiro atoms. The number of non-ortho nitro benzene ring substituents is 1. The molecule has 0 unspecified atom stereocenters. The van der Waals surface area contributed by atoms with Crippen molar-refractivity contribution < 1.29 is 38.3 Å². The average Bonchev–Trinajstić information content (AvgIpc) is 2.95. The molecule has 12 nitrogen and oxygen atoms in total. The first kappa shape index (κ1) is 27.3. The normalized spacial score (nSPS) is 14.3. The van der Waals surface area contributed by atoms with Gasteiger partial charge in [0.25, 0.3) is 17.5 Å². The van der Waals surface area contributed by atoms with Gasteiger partial charge in [-0.25, -0.2) is 14.5 Å². The lowest BCUT2D eigenvalue weighted by Crippen LogP contribution is -2.54. The number of anilines is 1. The molecule has 1 fully saturated rings. The number of carbonyl (C=O) groups excluding carboxylic acids is 4. The van der Waals surface area contributed by atoms with Gasteiger partial charge in [0, 0.05) is 18.2 Å². The molecule has 12 heteroatoms. The van der Waals surface area contributed by atoms with Gasteiger partial charge in [0.15, 0.2) is 11.5 Å². The molecule has 202 valence electrons. The van der Waals surface area contributed by atoms with Crippen molar-refractivity contribution in [1.29, 1.82) is 0 Å². The van der Waals surface area contributed by atoms with Crippen LogP contribution in [0.3, 0.4) is 0 Å². The fourth-order valence-corrected chi connectivity index (χ4v) is 3.66. The summed E-state index contributed by atoms with van der Waals surface area (Å²) in [6.07, 6.45) is 3.86. The third kappa shape index (κ3) is 6.02. The lowest BCUT2D eigenvalue weighted by molar-refractivity contribution is -0.384. The average molecular weight is 543 g/mol. The van der Waals surface area contributed by atoms with E-state index in [9.17, 15) is 29.3 Å². The van der Waals surface area contributed by atoms with Gasteiger partial charge < -0.3 is 14.2 Å². The van der Waals surface area contributed by atoms with Gasteiger partial charge in [0.05, 0.1) is 24.8 Å². The Morgan fingerprint density at radius 1 is 0.900 bits per heavy atom. The summed E-state index contributed by atoms with van der Waals surface area (Å²) in [4.78, 5) is 61.4. The van der Waals surface area contributed by atoms with Crippen LogP contribution in [-0.4, -0.2) is 43.0 Å². The molecular formula is C28H21N3O9. The molecule has 1 aliphatic heterocycles. The molecule has 0 aromatic heterocycles. The van der Waals surface area contributed by atoms with Crippen molar-refractivity contribution in [2.45, 2.75) is 0 Å². The van der Waals surface area contributed by atoms with E-state index in [1.54, 1.807) is 12.1 Å². The zero-order valence-electron chi connectivity index (χ0n) is 21.2. The number of barbiturate groups is 1. The number of imide groups is 2. The largest absolute Gasteiger partial charge is 0.497 e. The zero-order chi connectivity index (χ0) is 28.8. The summed E-state index contributed by atoms with van der Waals surface area (Å²) in [6.45, 7) is 0. The van der Waals surface area contributed by atoms with Crippen molar-refractivity contribution in [3.8, 4) is 17.2 Å². The number of nitro groups is 1. The molecule has 0 atom stereocenters. The Bertz CT molecular complexity index is 1560. The van der Waals surface area contributed by atoms with Gasteiger partial charge in [-0.1, -0.05) is 6.07 Å². The number of hydrogen-bond donors (Lipinski definition) is 1. The molecule has 1 aliphatic rings. The Kier molecular flexibility index (Phi) is 7.99. The van der Waals surface area contributed by atoms with Crippen molar-refractivity contribution in [3.05, 3.63) is 99.6 Å². The number of nitrogens with zero attached hydrogens (tertiary/aromatic N) is 2. The molecule has 1 N–H and O–H groups in total. The Morgan fingerprint density at radius 3 is 2.20 bits per heavy atom. The zero-order valence-corrected chi connectivity index (χ0v) is 21.2. The summed E-state index contributed by atoms with van der Waals surface area (Å²) in [5.74, 6) is -1.71. The van der Waals surface area contributed by atoms with Crippen LogP contribution < -0.4 is 24.4 Å². The quantitative estimate of drug-likeness (QED) is 0.111.